The van der Waals surface area contributed by atoms with Crippen molar-refractivity contribution < 1.29 is 14.3 Å². The maximum atomic E-state index is 13.1. The van der Waals surface area contributed by atoms with Gasteiger partial charge in [0.05, 0.1) is 5.69 Å². The van der Waals surface area contributed by atoms with Gasteiger partial charge in [-0.1, -0.05) is 6.08 Å². The first-order valence-electron chi connectivity index (χ1n) is 10.7. The van der Waals surface area contributed by atoms with Crippen LogP contribution in [0.1, 0.15) is 53.5 Å². The predicted molar refractivity (Wildman–Crippen MR) is 123 cm³/mol. The minimum Gasteiger partial charge on any atom is -0.451 e. The Morgan fingerprint density at radius 3 is 2.68 bits per heavy atom. The Morgan fingerprint density at radius 2 is 2.00 bits per heavy atom. The van der Waals surface area contributed by atoms with Crippen molar-refractivity contribution in [3.05, 3.63) is 58.5 Å². The van der Waals surface area contributed by atoms with Gasteiger partial charge >= 0.3 is 5.97 Å². The number of likely N-dealkylation sites (N-methyl/N-ethyl adjacent to an activating group) is 1. The van der Waals surface area contributed by atoms with E-state index in [2.05, 4.69) is 11.1 Å². The number of allylic oxidation sites excluding steroid dienone is 2. The van der Waals surface area contributed by atoms with Gasteiger partial charge in [-0.05, 0) is 70.2 Å². The first-order valence-corrected chi connectivity index (χ1v) is 11.5. The zero-order valence-corrected chi connectivity index (χ0v) is 19.0. The zero-order chi connectivity index (χ0) is 22.0. The fourth-order valence-electron chi connectivity index (χ4n) is 4.17. The van der Waals surface area contributed by atoms with Crippen LogP contribution in [0, 0.1) is 13.8 Å². The lowest BCUT2D eigenvalue weighted by Gasteiger charge is -2.26. The van der Waals surface area contributed by atoms with Gasteiger partial charge in [-0.15, -0.1) is 11.3 Å². The van der Waals surface area contributed by atoms with Crippen LogP contribution in [-0.4, -0.2) is 39.5 Å². The summed E-state index contributed by atoms with van der Waals surface area (Å²) in [6.07, 6.45) is 10.1. The van der Waals surface area contributed by atoms with Crippen molar-refractivity contribution in [2.24, 2.45) is 0 Å². The Hall–Kier alpha value is -2.93. The molecule has 0 saturated carbocycles. The molecule has 3 heterocycles. The number of rotatable bonds is 6. The second-order valence-corrected chi connectivity index (χ2v) is 8.79. The van der Waals surface area contributed by atoms with Crippen molar-refractivity contribution in [3.8, 4) is 5.69 Å². The summed E-state index contributed by atoms with van der Waals surface area (Å²) in [4.78, 5) is 33.5. The van der Waals surface area contributed by atoms with Crippen LogP contribution in [0.3, 0.4) is 0 Å². The summed E-state index contributed by atoms with van der Waals surface area (Å²) in [5.41, 5.74) is 3.76. The molecule has 0 aromatic carbocycles. The number of carbonyl (C=O) groups is 2. The summed E-state index contributed by atoms with van der Waals surface area (Å²) in [6, 6.07) is 5.84. The summed E-state index contributed by atoms with van der Waals surface area (Å²) in [6.45, 7) is 6.21. The average molecular weight is 438 g/mol. The van der Waals surface area contributed by atoms with E-state index in [1.807, 2.05) is 55.9 Å². The highest BCUT2D eigenvalue weighted by atomic mass is 32.1. The molecule has 1 aliphatic rings. The van der Waals surface area contributed by atoms with Crippen LogP contribution in [0.5, 0.6) is 0 Å². The molecule has 0 N–H and O–H groups in total. The van der Waals surface area contributed by atoms with Gasteiger partial charge in [0.1, 0.15) is 9.71 Å². The SMILES string of the molecule is CCN(C(=O)COC(=O)c1sc2nc(C)cc(C)c2c1-n1cccc1)C1=CCCCC1. The van der Waals surface area contributed by atoms with Gasteiger partial charge in [0.25, 0.3) is 5.91 Å². The number of aromatic nitrogens is 2. The summed E-state index contributed by atoms with van der Waals surface area (Å²) in [5.74, 6) is -0.677. The van der Waals surface area contributed by atoms with Gasteiger partial charge in [0.2, 0.25) is 0 Å². The van der Waals surface area contributed by atoms with Gasteiger partial charge in [-0.3, -0.25) is 4.79 Å². The average Bonchev–Trinajstić information content (AvgIpc) is 3.41. The normalized spacial score (nSPS) is 13.8. The molecule has 0 radical (unpaired) electrons. The third-order valence-corrected chi connectivity index (χ3v) is 6.62. The van der Waals surface area contributed by atoms with Gasteiger partial charge in [-0.2, -0.15) is 0 Å². The van der Waals surface area contributed by atoms with Crippen molar-refractivity contribution >= 4 is 33.4 Å². The molecule has 3 aromatic heterocycles. The van der Waals surface area contributed by atoms with E-state index < -0.39 is 5.97 Å². The molecule has 0 saturated heterocycles. The fourth-order valence-corrected chi connectivity index (χ4v) is 5.36. The molecule has 0 spiro atoms. The highest BCUT2D eigenvalue weighted by Gasteiger charge is 2.25. The molecule has 0 atom stereocenters. The van der Waals surface area contributed by atoms with Crippen molar-refractivity contribution in [1.29, 1.82) is 0 Å². The minimum absolute atomic E-state index is 0.183. The van der Waals surface area contributed by atoms with E-state index in [0.29, 0.717) is 11.4 Å². The lowest BCUT2D eigenvalue weighted by Crippen LogP contribution is -2.34. The molecule has 1 amide bonds. The van der Waals surface area contributed by atoms with Crippen LogP contribution < -0.4 is 0 Å². The van der Waals surface area contributed by atoms with E-state index in [0.717, 1.165) is 58.5 Å². The summed E-state index contributed by atoms with van der Waals surface area (Å²) in [7, 11) is 0. The predicted octanol–water partition coefficient (Wildman–Crippen LogP) is 5.17. The van der Waals surface area contributed by atoms with Crippen LogP contribution in [0.25, 0.3) is 15.9 Å². The van der Waals surface area contributed by atoms with Crippen molar-refractivity contribution in [1.82, 2.24) is 14.5 Å². The number of amides is 1. The van der Waals surface area contributed by atoms with Gasteiger partial charge in [0.15, 0.2) is 6.61 Å². The van der Waals surface area contributed by atoms with E-state index >= 15 is 0 Å². The van der Waals surface area contributed by atoms with Gasteiger partial charge in [-0.25, -0.2) is 9.78 Å². The molecule has 7 heteroatoms. The van der Waals surface area contributed by atoms with Gasteiger partial charge in [0, 0.05) is 35.7 Å². The lowest BCUT2D eigenvalue weighted by molar-refractivity contribution is -0.132. The Morgan fingerprint density at radius 1 is 1.23 bits per heavy atom. The summed E-state index contributed by atoms with van der Waals surface area (Å²) in [5, 5.41) is 0.938. The highest BCUT2D eigenvalue weighted by molar-refractivity contribution is 7.21. The molecule has 1 aliphatic carbocycles. The number of hydrogen-bond donors (Lipinski definition) is 0. The maximum Gasteiger partial charge on any atom is 0.351 e. The second-order valence-electron chi connectivity index (χ2n) is 7.79. The van der Waals surface area contributed by atoms with E-state index in [1.165, 1.54) is 11.3 Å². The molecule has 4 rings (SSSR count). The molecule has 0 bridgehead atoms. The number of esters is 1. The number of nitrogens with zero attached hydrogens (tertiary/aromatic N) is 3. The standard InChI is InChI=1S/C24H27N3O3S/c1-4-27(18-10-6-5-7-11-18)19(28)15-30-24(29)22-21(26-12-8-9-13-26)20-16(2)14-17(3)25-23(20)31-22/h8-10,12-14H,4-7,11,15H2,1-3H3. The fraction of sp³-hybridized carbons (Fsp3) is 0.375. The summed E-state index contributed by atoms with van der Waals surface area (Å²) >= 11 is 1.31. The first kappa shape index (κ1) is 21.3. The molecule has 3 aromatic rings. The van der Waals surface area contributed by atoms with Gasteiger partial charge < -0.3 is 14.2 Å². The number of thiophene rings is 1. The summed E-state index contributed by atoms with van der Waals surface area (Å²) < 4.78 is 7.42. The molecule has 31 heavy (non-hydrogen) atoms. The smallest absolute Gasteiger partial charge is 0.351 e. The molecule has 0 aliphatic heterocycles. The number of carbonyl (C=O) groups excluding carboxylic acids is 2. The topological polar surface area (TPSA) is 64.4 Å². The van der Waals surface area contributed by atoms with Crippen LogP contribution in [-0.2, 0) is 9.53 Å². The Bertz CT molecular complexity index is 1140. The number of ether oxygens (including phenoxy) is 1. The quantitative estimate of drug-likeness (QED) is 0.499. The largest absolute Gasteiger partial charge is 0.451 e. The van der Waals surface area contributed by atoms with Crippen LogP contribution >= 0.6 is 11.3 Å². The molecule has 162 valence electrons. The molecule has 0 unspecified atom stereocenters. The number of hydrogen-bond acceptors (Lipinski definition) is 5. The van der Waals surface area contributed by atoms with E-state index in [1.54, 1.807) is 4.90 Å². The number of fused-ring (bicyclic) bond motifs is 1. The van der Waals surface area contributed by atoms with Crippen molar-refractivity contribution in [2.45, 2.75) is 46.5 Å². The molecular formula is C24H27N3O3S. The van der Waals surface area contributed by atoms with E-state index in [-0.39, 0.29) is 12.5 Å². The van der Waals surface area contributed by atoms with Crippen LogP contribution in [0.2, 0.25) is 0 Å². The Labute approximate surface area is 186 Å². The van der Waals surface area contributed by atoms with E-state index in [9.17, 15) is 9.59 Å². The third kappa shape index (κ3) is 4.28. The highest BCUT2D eigenvalue weighted by Crippen LogP contribution is 2.36. The Kier molecular flexibility index (Phi) is 6.23. The third-order valence-electron chi connectivity index (χ3n) is 5.57. The first-order chi connectivity index (χ1) is 15.0. The number of pyridine rings is 1. The second kappa shape index (κ2) is 9.06. The van der Waals surface area contributed by atoms with E-state index in [4.69, 9.17) is 4.74 Å². The molecular weight excluding hydrogens is 410 g/mol. The van der Waals surface area contributed by atoms with Crippen molar-refractivity contribution in [2.75, 3.05) is 13.2 Å². The number of aryl methyl sites for hydroxylation is 2. The molecule has 0 fully saturated rings. The maximum absolute atomic E-state index is 13.1. The molecule has 6 nitrogen and oxygen atoms in total. The monoisotopic (exact) mass is 437 g/mol. The van der Waals surface area contributed by atoms with Crippen LogP contribution in [0.15, 0.2) is 42.4 Å². The minimum atomic E-state index is -0.495. The lowest BCUT2D eigenvalue weighted by atomic mass is 10.0. The van der Waals surface area contributed by atoms with Crippen LogP contribution in [0.4, 0.5) is 0 Å². The van der Waals surface area contributed by atoms with Crippen molar-refractivity contribution in [3.63, 3.8) is 0 Å². The Balaban J connectivity index is 1.61. The zero-order valence-electron chi connectivity index (χ0n) is 18.2.